The summed E-state index contributed by atoms with van der Waals surface area (Å²) in [6, 6.07) is 5.09. The number of carbonyl (C=O) groups is 3. The second-order valence-corrected chi connectivity index (χ2v) is 7.25. The Balaban J connectivity index is 0.000000769. The highest BCUT2D eigenvalue weighted by atomic mass is 16.5. The van der Waals surface area contributed by atoms with Crippen LogP contribution in [0.3, 0.4) is 0 Å². The van der Waals surface area contributed by atoms with Crippen LogP contribution in [0, 0.1) is 12.8 Å². The van der Waals surface area contributed by atoms with Gasteiger partial charge in [-0.15, -0.1) is 0 Å². The minimum Gasteiger partial charge on any atom is -0.496 e. The molecule has 1 aromatic carbocycles. The zero-order chi connectivity index (χ0) is 24.1. The number of likely N-dealkylation sites (tertiary alicyclic amines) is 1. The molecule has 1 aliphatic rings. The maximum Gasteiger partial charge on any atom is 0.335 e. The van der Waals surface area contributed by atoms with Crippen LogP contribution in [-0.4, -0.2) is 69.3 Å². The van der Waals surface area contributed by atoms with E-state index in [-0.39, 0.29) is 12.9 Å². The molecular weight excluding hydrogens is 418 g/mol. The molecule has 2 aromatic rings. The monoisotopic (exact) mass is 449 g/mol. The molecule has 32 heavy (non-hydrogen) atoms. The van der Waals surface area contributed by atoms with Crippen LogP contribution < -0.4 is 4.74 Å². The van der Waals surface area contributed by atoms with Gasteiger partial charge in [-0.1, -0.05) is 6.92 Å². The van der Waals surface area contributed by atoms with E-state index in [2.05, 4.69) is 28.7 Å². The topological polar surface area (TPSA) is 153 Å². The third-order valence-electron chi connectivity index (χ3n) is 5.15. The van der Waals surface area contributed by atoms with Gasteiger partial charge in [0.05, 0.1) is 18.4 Å². The fraction of sp³-hybridized carbons (Fsp3) is 0.455. The molecule has 4 N–H and O–H groups in total. The summed E-state index contributed by atoms with van der Waals surface area (Å²) in [4.78, 5) is 38.4. The lowest BCUT2D eigenvalue weighted by Gasteiger charge is -2.16. The predicted octanol–water partition coefficient (Wildman–Crippen LogP) is 2.45. The second-order valence-electron chi connectivity index (χ2n) is 7.25. The Morgan fingerprint density at radius 3 is 2.50 bits per heavy atom. The summed E-state index contributed by atoms with van der Waals surface area (Å²) in [6.07, 6.45) is 2.86. The lowest BCUT2D eigenvalue weighted by Crippen LogP contribution is -2.21. The van der Waals surface area contributed by atoms with Crippen molar-refractivity contribution in [3.8, 4) is 5.75 Å². The van der Waals surface area contributed by atoms with E-state index in [1.54, 1.807) is 25.3 Å². The Bertz CT molecular complexity index is 876. The molecular formula is C22H31N3O7. The van der Waals surface area contributed by atoms with Crippen LogP contribution >= 0.6 is 0 Å². The number of methoxy groups -OCH3 is 1. The van der Waals surface area contributed by atoms with Crippen molar-refractivity contribution in [1.29, 1.82) is 0 Å². The number of rotatable bonds is 7. The molecule has 0 amide bonds. The number of hydrogen-bond acceptors (Lipinski definition) is 6. The fourth-order valence-electron chi connectivity index (χ4n) is 3.70. The van der Waals surface area contributed by atoms with Crippen LogP contribution in [0.5, 0.6) is 5.75 Å². The van der Waals surface area contributed by atoms with E-state index >= 15 is 0 Å². The highest BCUT2D eigenvalue weighted by molar-refractivity contribution is 5.88. The highest BCUT2D eigenvalue weighted by Gasteiger charge is 2.25. The zero-order valence-electron chi connectivity index (χ0n) is 18.6. The van der Waals surface area contributed by atoms with Crippen molar-refractivity contribution in [2.24, 2.45) is 5.92 Å². The molecule has 10 heteroatoms. The summed E-state index contributed by atoms with van der Waals surface area (Å²) in [5.74, 6) is 1.41. The third-order valence-corrected chi connectivity index (χ3v) is 5.15. The zero-order valence-corrected chi connectivity index (χ0v) is 18.6. The maximum atomic E-state index is 11.2. The van der Waals surface area contributed by atoms with Gasteiger partial charge < -0.3 is 25.0 Å². The van der Waals surface area contributed by atoms with Crippen molar-refractivity contribution >= 4 is 18.9 Å². The molecule has 1 fully saturated rings. The largest absolute Gasteiger partial charge is 0.496 e. The summed E-state index contributed by atoms with van der Waals surface area (Å²) in [7, 11) is 1.63. The standard InChI is InChI=1S/C20H27N3O3.2CH2O2/c1-4-19-21-13(2)17(22-19)12-23-8-7-14(11-23)9-16-10-15(20(24)25)5-6-18(16)26-3;2*2-1-3/h5-6,10,14H,4,7-9,11-12H2,1-3H3,(H,21,22)(H,24,25);2*1H,(H,2,3). The second kappa shape index (κ2) is 13.8. The van der Waals surface area contributed by atoms with E-state index < -0.39 is 5.97 Å². The van der Waals surface area contributed by atoms with Crippen LogP contribution in [-0.2, 0) is 29.0 Å². The van der Waals surface area contributed by atoms with E-state index in [1.807, 2.05) is 0 Å². The Kier molecular flexibility index (Phi) is 11.5. The van der Waals surface area contributed by atoms with Crippen molar-refractivity contribution < 1.29 is 34.4 Å². The minimum atomic E-state index is -0.900. The van der Waals surface area contributed by atoms with Gasteiger partial charge in [0.2, 0.25) is 0 Å². The van der Waals surface area contributed by atoms with Crippen molar-refractivity contribution in [2.75, 3.05) is 20.2 Å². The number of aromatic amines is 1. The molecule has 1 saturated heterocycles. The molecule has 0 radical (unpaired) electrons. The highest BCUT2D eigenvalue weighted by Crippen LogP contribution is 2.28. The van der Waals surface area contributed by atoms with E-state index in [0.717, 1.165) is 67.4 Å². The lowest BCUT2D eigenvalue weighted by atomic mass is 9.96. The van der Waals surface area contributed by atoms with Gasteiger partial charge in [0.1, 0.15) is 11.6 Å². The number of aromatic nitrogens is 2. The van der Waals surface area contributed by atoms with Crippen molar-refractivity contribution in [3.63, 3.8) is 0 Å². The van der Waals surface area contributed by atoms with Crippen LogP contribution in [0.1, 0.15) is 46.5 Å². The van der Waals surface area contributed by atoms with E-state index in [4.69, 9.17) is 24.5 Å². The van der Waals surface area contributed by atoms with E-state index in [9.17, 15) is 9.90 Å². The molecule has 10 nitrogen and oxygen atoms in total. The van der Waals surface area contributed by atoms with Crippen LogP contribution in [0.2, 0.25) is 0 Å². The Hall–Kier alpha value is -3.40. The smallest absolute Gasteiger partial charge is 0.335 e. The van der Waals surface area contributed by atoms with Gasteiger partial charge in [0.15, 0.2) is 0 Å². The van der Waals surface area contributed by atoms with Crippen LogP contribution in [0.25, 0.3) is 0 Å². The number of benzene rings is 1. The number of hydrogen-bond donors (Lipinski definition) is 4. The minimum absolute atomic E-state index is 0.250. The lowest BCUT2D eigenvalue weighted by molar-refractivity contribution is -0.123. The summed E-state index contributed by atoms with van der Waals surface area (Å²) < 4.78 is 5.42. The number of carboxylic acids is 1. The van der Waals surface area contributed by atoms with Crippen LogP contribution in [0.4, 0.5) is 0 Å². The number of H-pyrrole nitrogens is 1. The third kappa shape index (κ3) is 8.03. The molecule has 0 aliphatic carbocycles. The summed E-state index contributed by atoms with van der Waals surface area (Å²) >= 11 is 0. The number of nitrogens with one attached hydrogen (secondary N) is 1. The Morgan fingerprint density at radius 2 is 1.97 bits per heavy atom. The van der Waals surface area contributed by atoms with Crippen molar-refractivity contribution in [1.82, 2.24) is 14.9 Å². The average molecular weight is 450 g/mol. The van der Waals surface area contributed by atoms with Crippen molar-refractivity contribution in [3.05, 3.63) is 46.5 Å². The van der Waals surface area contributed by atoms with E-state index in [1.165, 1.54) is 0 Å². The molecule has 1 atom stereocenters. The number of aryl methyl sites for hydroxylation is 2. The van der Waals surface area contributed by atoms with Gasteiger partial charge in [0, 0.05) is 25.2 Å². The normalized spacial score (nSPS) is 15.0. The van der Waals surface area contributed by atoms with E-state index in [0.29, 0.717) is 11.5 Å². The first kappa shape index (κ1) is 26.6. The molecule has 3 rings (SSSR count). The molecule has 1 aliphatic heterocycles. The number of nitrogens with zero attached hydrogens (tertiary/aromatic N) is 2. The quantitative estimate of drug-likeness (QED) is 0.467. The van der Waals surface area contributed by atoms with Gasteiger partial charge in [0.25, 0.3) is 12.9 Å². The van der Waals surface area contributed by atoms with Crippen molar-refractivity contribution in [2.45, 2.75) is 39.7 Å². The molecule has 0 saturated carbocycles. The van der Waals surface area contributed by atoms with Gasteiger partial charge in [-0.2, -0.15) is 0 Å². The first-order valence-corrected chi connectivity index (χ1v) is 10.2. The number of ether oxygens (including phenoxy) is 1. The maximum absolute atomic E-state index is 11.2. The van der Waals surface area contributed by atoms with Gasteiger partial charge in [-0.25, -0.2) is 9.78 Å². The molecule has 1 unspecified atom stereocenters. The Morgan fingerprint density at radius 1 is 1.31 bits per heavy atom. The summed E-state index contributed by atoms with van der Waals surface area (Å²) in [6.45, 7) is 6.59. The molecule has 0 bridgehead atoms. The SMILES string of the molecule is CCc1nc(CN2CCC(Cc3cc(C(=O)O)ccc3OC)C2)c(C)[nH]1.O=CO.O=CO. The molecule has 176 valence electrons. The predicted molar refractivity (Wildman–Crippen MR) is 117 cm³/mol. The Labute approximate surface area is 186 Å². The number of imidazole rings is 1. The molecule has 1 aromatic heterocycles. The first-order valence-electron chi connectivity index (χ1n) is 10.2. The van der Waals surface area contributed by atoms with Crippen LogP contribution in [0.15, 0.2) is 18.2 Å². The van der Waals surface area contributed by atoms with Gasteiger partial charge >= 0.3 is 5.97 Å². The summed E-state index contributed by atoms with van der Waals surface area (Å²) in [5.41, 5.74) is 3.58. The fourth-order valence-corrected chi connectivity index (χ4v) is 3.70. The summed E-state index contributed by atoms with van der Waals surface area (Å²) in [5, 5.41) is 23.0. The number of carboxylic acid groups (broad SMARTS) is 3. The van der Waals surface area contributed by atoms with Gasteiger partial charge in [-0.3, -0.25) is 14.5 Å². The number of aromatic carboxylic acids is 1. The molecule has 2 heterocycles. The molecule has 0 spiro atoms. The first-order chi connectivity index (χ1) is 15.3. The average Bonchev–Trinajstić information content (AvgIpc) is 3.35. The van der Waals surface area contributed by atoms with Gasteiger partial charge in [-0.05, 0) is 56.0 Å².